The van der Waals surface area contributed by atoms with Crippen molar-refractivity contribution in [2.75, 3.05) is 13.1 Å². The molecule has 0 aliphatic carbocycles. The molecule has 24 heavy (non-hydrogen) atoms. The summed E-state index contributed by atoms with van der Waals surface area (Å²) in [6, 6.07) is 6.10. The number of hydrogen-bond acceptors (Lipinski definition) is 4. The zero-order valence-corrected chi connectivity index (χ0v) is 14.0. The van der Waals surface area contributed by atoms with Crippen LogP contribution < -0.4 is 5.32 Å². The lowest BCUT2D eigenvalue weighted by molar-refractivity contribution is 0.495. The minimum absolute atomic E-state index is 0.281. The van der Waals surface area contributed by atoms with Crippen LogP contribution in [0.25, 0.3) is 31.6 Å². The second kappa shape index (κ2) is 5.12. The third-order valence-electron chi connectivity index (χ3n) is 4.59. The van der Waals surface area contributed by atoms with E-state index in [1.807, 2.05) is 12.3 Å². The first kappa shape index (κ1) is 14.1. The summed E-state index contributed by atoms with van der Waals surface area (Å²) in [6.07, 6.45) is 5.06. The number of nitrogens with zero attached hydrogens (tertiary/aromatic N) is 4. The second-order valence-corrected chi connectivity index (χ2v) is 7.36. The van der Waals surface area contributed by atoms with E-state index in [9.17, 15) is 4.39 Å². The van der Waals surface area contributed by atoms with Gasteiger partial charge in [0.2, 0.25) is 0 Å². The number of halogens is 1. The average Bonchev–Trinajstić information content (AvgIpc) is 3.28. The van der Waals surface area contributed by atoms with Crippen molar-refractivity contribution in [3.8, 4) is 10.4 Å². The predicted molar refractivity (Wildman–Crippen MR) is 93.8 cm³/mol. The highest BCUT2D eigenvalue weighted by Gasteiger charge is 2.19. The summed E-state index contributed by atoms with van der Waals surface area (Å²) in [7, 11) is 1.80. The summed E-state index contributed by atoms with van der Waals surface area (Å²) >= 11 is 1.61. The summed E-state index contributed by atoms with van der Waals surface area (Å²) in [5.41, 5.74) is 1.30. The van der Waals surface area contributed by atoms with Crippen LogP contribution in [-0.4, -0.2) is 32.7 Å². The maximum absolute atomic E-state index is 14.3. The lowest BCUT2D eigenvalue weighted by Gasteiger charge is -2.07. The maximum Gasteiger partial charge on any atom is 0.151 e. The van der Waals surface area contributed by atoms with Gasteiger partial charge >= 0.3 is 0 Å². The lowest BCUT2D eigenvalue weighted by atomic mass is 10.1. The molecule has 3 aromatic heterocycles. The van der Waals surface area contributed by atoms with Gasteiger partial charge in [0.05, 0.1) is 6.04 Å². The molecule has 122 valence electrons. The number of thiophene rings is 1. The Balaban J connectivity index is 1.57. The highest BCUT2D eigenvalue weighted by Crippen LogP contribution is 2.35. The van der Waals surface area contributed by atoms with Crippen molar-refractivity contribution in [1.82, 2.24) is 24.9 Å². The molecule has 0 saturated carbocycles. The molecular weight excluding hydrogens is 325 g/mol. The third kappa shape index (κ3) is 2.16. The van der Waals surface area contributed by atoms with Crippen LogP contribution in [0.5, 0.6) is 0 Å². The SMILES string of the molecule is Cn1cc2cc(-c3cc4cn([C@H]5CCNC5)nc4s3)cc(F)c2n1. The fourth-order valence-corrected chi connectivity index (χ4v) is 4.39. The van der Waals surface area contributed by atoms with Gasteiger partial charge in [-0.1, -0.05) is 0 Å². The standard InChI is InChI=1S/C17H16FN5S/c1-22-8-11-4-10(5-14(18)16(11)20-22)15-6-12-9-23(21-17(12)24-15)13-2-3-19-7-13/h4-6,8-9,13,19H,2-3,7H2,1H3/t13-/m0/s1. The first-order valence-electron chi connectivity index (χ1n) is 8.00. The van der Waals surface area contributed by atoms with E-state index in [-0.39, 0.29) is 5.82 Å². The predicted octanol–water partition coefficient (Wildman–Crippen LogP) is 3.33. The van der Waals surface area contributed by atoms with Crippen LogP contribution in [0.3, 0.4) is 0 Å². The summed E-state index contributed by atoms with van der Waals surface area (Å²) in [5, 5.41) is 14.2. The molecule has 1 aliphatic heterocycles. The molecule has 7 heteroatoms. The van der Waals surface area contributed by atoms with Gasteiger partial charge in [-0.2, -0.15) is 10.2 Å². The van der Waals surface area contributed by atoms with E-state index < -0.39 is 0 Å². The van der Waals surface area contributed by atoms with Gasteiger partial charge in [0.15, 0.2) is 5.82 Å². The van der Waals surface area contributed by atoms with Crippen molar-refractivity contribution in [1.29, 1.82) is 0 Å². The van der Waals surface area contributed by atoms with Crippen LogP contribution in [0, 0.1) is 5.82 Å². The molecule has 4 aromatic rings. The fourth-order valence-electron chi connectivity index (χ4n) is 3.39. The molecule has 5 nitrogen and oxygen atoms in total. The molecule has 0 unspecified atom stereocenters. The van der Waals surface area contributed by atoms with Crippen LogP contribution in [0.2, 0.25) is 0 Å². The molecule has 0 amide bonds. The molecule has 1 fully saturated rings. The molecule has 5 rings (SSSR count). The Morgan fingerprint density at radius 2 is 2.12 bits per heavy atom. The third-order valence-corrected chi connectivity index (χ3v) is 5.67. The van der Waals surface area contributed by atoms with E-state index >= 15 is 0 Å². The maximum atomic E-state index is 14.3. The van der Waals surface area contributed by atoms with Crippen molar-refractivity contribution < 1.29 is 4.39 Å². The zero-order valence-electron chi connectivity index (χ0n) is 13.2. The highest BCUT2D eigenvalue weighted by molar-refractivity contribution is 7.21. The zero-order chi connectivity index (χ0) is 16.3. The van der Waals surface area contributed by atoms with Crippen molar-refractivity contribution in [2.45, 2.75) is 12.5 Å². The van der Waals surface area contributed by atoms with Gasteiger partial charge in [0, 0.05) is 41.6 Å². The lowest BCUT2D eigenvalue weighted by Crippen LogP contribution is -2.13. The van der Waals surface area contributed by atoms with Gasteiger partial charge in [-0.15, -0.1) is 11.3 Å². The number of benzene rings is 1. The van der Waals surface area contributed by atoms with Gasteiger partial charge in [0.1, 0.15) is 10.3 Å². The number of aromatic nitrogens is 4. The van der Waals surface area contributed by atoms with Crippen LogP contribution in [0.4, 0.5) is 4.39 Å². The number of nitrogens with one attached hydrogen (secondary N) is 1. The summed E-state index contributed by atoms with van der Waals surface area (Å²) in [5.74, 6) is -0.281. The molecule has 1 aromatic carbocycles. The number of fused-ring (bicyclic) bond motifs is 2. The van der Waals surface area contributed by atoms with E-state index in [4.69, 9.17) is 5.10 Å². The Bertz CT molecular complexity index is 1020. The number of rotatable bonds is 2. The Hall–Kier alpha value is -2.25. The summed E-state index contributed by atoms with van der Waals surface area (Å²) in [6.45, 7) is 2.03. The largest absolute Gasteiger partial charge is 0.315 e. The molecule has 0 bridgehead atoms. The molecule has 0 spiro atoms. The van der Waals surface area contributed by atoms with Crippen LogP contribution in [0.15, 0.2) is 30.6 Å². The topological polar surface area (TPSA) is 47.7 Å². The summed E-state index contributed by atoms with van der Waals surface area (Å²) in [4.78, 5) is 2.04. The molecular formula is C17H16FN5S. The Morgan fingerprint density at radius 1 is 1.21 bits per heavy atom. The molecule has 4 heterocycles. The van der Waals surface area contributed by atoms with Crippen LogP contribution in [-0.2, 0) is 7.05 Å². The minimum atomic E-state index is -0.281. The first-order valence-corrected chi connectivity index (χ1v) is 8.82. The van der Waals surface area contributed by atoms with Crippen molar-refractivity contribution in [2.24, 2.45) is 7.05 Å². The molecule has 1 aliphatic rings. The highest BCUT2D eigenvalue weighted by atomic mass is 32.1. The number of hydrogen-bond donors (Lipinski definition) is 1. The van der Waals surface area contributed by atoms with Crippen LogP contribution in [0.1, 0.15) is 12.5 Å². The van der Waals surface area contributed by atoms with Crippen LogP contribution >= 0.6 is 11.3 Å². The molecule has 0 radical (unpaired) electrons. The van der Waals surface area contributed by atoms with Gasteiger partial charge in [0.25, 0.3) is 0 Å². The van der Waals surface area contributed by atoms with E-state index in [0.717, 1.165) is 45.6 Å². The Morgan fingerprint density at radius 3 is 2.92 bits per heavy atom. The normalized spacial score (nSPS) is 18.2. The fraction of sp³-hybridized carbons (Fsp3) is 0.294. The average molecular weight is 341 g/mol. The van der Waals surface area contributed by atoms with Gasteiger partial charge in [-0.25, -0.2) is 4.39 Å². The smallest absolute Gasteiger partial charge is 0.151 e. The van der Waals surface area contributed by atoms with E-state index in [2.05, 4.69) is 27.4 Å². The summed E-state index contributed by atoms with van der Waals surface area (Å²) < 4.78 is 18.0. The minimum Gasteiger partial charge on any atom is -0.315 e. The second-order valence-electron chi connectivity index (χ2n) is 6.33. The van der Waals surface area contributed by atoms with Crippen molar-refractivity contribution in [3.63, 3.8) is 0 Å². The van der Waals surface area contributed by atoms with E-state index in [0.29, 0.717) is 11.6 Å². The van der Waals surface area contributed by atoms with Gasteiger partial charge in [-0.05, 0) is 36.7 Å². The Labute approximate surface area is 141 Å². The van der Waals surface area contributed by atoms with Crippen molar-refractivity contribution in [3.05, 3.63) is 36.4 Å². The van der Waals surface area contributed by atoms with Crippen molar-refractivity contribution >= 4 is 32.5 Å². The first-order chi connectivity index (χ1) is 11.7. The monoisotopic (exact) mass is 341 g/mol. The molecule has 1 N–H and O–H groups in total. The molecule has 1 atom stereocenters. The quantitative estimate of drug-likeness (QED) is 0.608. The number of aryl methyl sites for hydroxylation is 1. The Kier molecular flexibility index (Phi) is 3.01. The van der Waals surface area contributed by atoms with E-state index in [1.54, 1.807) is 29.1 Å². The molecule has 1 saturated heterocycles. The van der Waals surface area contributed by atoms with Gasteiger partial charge in [-0.3, -0.25) is 9.36 Å². The van der Waals surface area contributed by atoms with E-state index in [1.165, 1.54) is 0 Å². The van der Waals surface area contributed by atoms with Gasteiger partial charge < -0.3 is 5.32 Å².